The van der Waals surface area contributed by atoms with Crippen LogP contribution in [0, 0.1) is 6.92 Å². The van der Waals surface area contributed by atoms with Crippen LogP contribution in [-0.4, -0.2) is 20.2 Å². The number of hydrogen-bond acceptors (Lipinski definition) is 3. The van der Waals surface area contributed by atoms with Gasteiger partial charge in [-0.25, -0.2) is 4.79 Å². The predicted molar refractivity (Wildman–Crippen MR) is 65.9 cm³/mol. The van der Waals surface area contributed by atoms with Crippen LogP contribution in [0.2, 0.25) is 0 Å². The molecule has 1 aromatic carbocycles. The molecular weight excluding hydrogens is 272 g/mol. The Hall–Kier alpha value is -1.29. The first-order valence-electron chi connectivity index (χ1n) is 4.68. The molecule has 0 fully saturated rings. The minimum atomic E-state index is -0.414. The molecule has 0 N–H and O–H groups in total. The van der Waals surface area contributed by atoms with Crippen molar-refractivity contribution in [1.82, 2.24) is 0 Å². The molecular formula is C12H13BrO3. The van der Waals surface area contributed by atoms with Crippen LogP contribution < -0.4 is 0 Å². The van der Waals surface area contributed by atoms with Crippen LogP contribution in [0.1, 0.15) is 11.1 Å². The highest BCUT2D eigenvalue weighted by Gasteiger charge is 2.15. The Bertz CT molecular complexity index is 424. The molecule has 1 aromatic rings. The van der Waals surface area contributed by atoms with Crippen molar-refractivity contribution in [3.8, 4) is 0 Å². The minimum Gasteiger partial charge on any atom is -0.503 e. The SMILES string of the molecule is CO/C=C(/C(=O)OC)c1cc(Br)ccc1C. The molecule has 0 aromatic heterocycles. The zero-order valence-corrected chi connectivity index (χ0v) is 11.0. The maximum atomic E-state index is 11.6. The lowest BCUT2D eigenvalue weighted by Gasteiger charge is -2.09. The van der Waals surface area contributed by atoms with Gasteiger partial charge in [0.15, 0.2) is 0 Å². The molecule has 0 bridgehead atoms. The molecule has 0 aliphatic rings. The summed E-state index contributed by atoms with van der Waals surface area (Å²) in [5.41, 5.74) is 2.18. The molecule has 16 heavy (non-hydrogen) atoms. The van der Waals surface area contributed by atoms with Crippen molar-refractivity contribution in [3.63, 3.8) is 0 Å². The van der Waals surface area contributed by atoms with Crippen molar-refractivity contribution in [2.75, 3.05) is 14.2 Å². The van der Waals surface area contributed by atoms with Crippen molar-refractivity contribution in [2.24, 2.45) is 0 Å². The van der Waals surface area contributed by atoms with E-state index in [0.717, 1.165) is 15.6 Å². The monoisotopic (exact) mass is 284 g/mol. The van der Waals surface area contributed by atoms with Gasteiger partial charge in [-0.05, 0) is 30.2 Å². The molecule has 0 unspecified atom stereocenters. The van der Waals surface area contributed by atoms with Crippen LogP contribution in [0.5, 0.6) is 0 Å². The standard InChI is InChI=1S/C12H13BrO3/c1-8-4-5-9(13)6-10(8)11(7-15-2)12(14)16-3/h4-7H,1-3H3/b11-7+. The predicted octanol–water partition coefficient (Wildman–Crippen LogP) is 2.92. The average molecular weight is 285 g/mol. The molecule has 0 spiro atoms. The lowest BCUT2D eigenvalue weighted by atomic mass is 10.0. The van der Waals surface area contributed by atoms with E-state index < -0.39 is 5.97 Å². The minimum absolute atomic E-state index is 0.406. The van der Waals surface area contributed by atoms with E-state index in [1.165, 1.54) is 20.5 Å². The van der Waals surface area contributed by atoms with Crippen molar-refractivity contribution < 1.29 is 14.3 Å². The van der Waals surface area contributed by atoms with Crippen LogP contribution in [0.25, 0.3) is 5.57 Å². The van der Waals surface area contributed by atoms with Gasteiger partial charge in [0.25, 0.3) is 0 Å². The van der Waals surface area contributed by atoms with Gasteiger partial charge in [0.05, 0.1) is 20.5 Å². The van der Waals surface area contributed by atoms with Crippen LogP contribution >= 0.6 is 15.9 Å². The number of carbonyl (C=O) groups excluding carboxylic acids is 1. The first-order valence-corrected chi connectivity index (χ1v) is 5.47. The van der Waals surface area contributed by atoms with E-state index in [9.17, 15) is 4.79 Å². The summed E-state index contributed by atoms with van der Waals surface area (Å²) >= 11 is 3.37. The number of hydrogen-bond donors (Lipinski definition) is 0. The molecule has 1 rings (SSSR count). The van der Waals surface area contributed by atoms with E-state index in [1.54, 1.807) is 0 Å². The molecule has 4 heteroatoms. The summed E-state index contributed by atoms with van der Waals surface area (Å²) in [5.74, 6) is -0.414. The fourth-order valence-corrected chi connectivity index (χ4v) is 1.69. The Kier molecular flexibility index (Phi) is 4.55. The zero-order chi connectivity index (χ0) is 12.1. The summed E-state index contributed by atoms with van der Waals surface area (Å²) in [7, 11) is 2.84. The Morgan fingerprint density at radius 2 is 2.06 bits per heavy atom. The molecule has 0 atom stereocenters. The first kappa shape index (κ1) is 12.8. The number of halogens is 1. The largest absolute Gasteiger partial charge is 0.503 e. The van der Waals surface area contributed by atoms with Crippen LogP contribution in [0.15, 0.2) is 28.9 Å². The van der Waals surface area contributed by atoms with Gasteiger partial charge in [0.1, 0.15) is 5.57 Å². The molecule has 0 saturated heterocycles. The normalized spacial score (nSPS) is 11.1. The van der Waals surface area contributed by atoms with E-state index in [4.69, 9.17) is 9.47 Å². The maximum absolute atomic E-state index is 11.6. The van der Waals surface area contributed by atoms with Gasteiger partial charge in [-0.15, -0.1) is 0 Å². The number of esters is 1. The molecule has 0 aliphatic carbocycles. The maximum Gasteiger partial charge on any atom is 0.341 e. The quantitative estimate of drug-likeness (QED) is 0.486. The highest BCUT2D eigenvalue weighted by molar-refractivity contribution is 9.10. The van der Waals surface area contributed by atoms with Crippen LogP contribution in [-0.2, 0) is 14.3 Å². The molecule has 0 radical (unpaired) electrons. The highest BCUT2D eigenvalue weighted by atomic mass is 79.9. The summed E-state index contributed by atoms with van der Waals surface area (Å²) in [4.78, 5) is 11.6. The van der Waals surface area contributed by atoms with E-state index in [2.05, 4.69) is 15.9 Å². The number of rotatable bonds is 3. The molecule has 0 amide bonds. The molecule has 86 valence electrons. The highest BCUT2D eigenvalue weighted by Crippen LogP contribution is 2.24. The number of aryl methyl sites for hydroxylation is 1. The van der Waals surface area contributed by atoms with Gasteiger partial charge in [-0.1, -0.05) is 22.0 Å². The summed E-state index contributed by atoms with van der Waals surface area (Å²) < 4.78 is 10.5. The number of methoxy groups -OCH3 is 2. The number of carbonyl (C=O) groups is 1. The second kappa shape index (κ2) is 5.70. The third-order valence-corrected chi connectivity index (χ3v) is 2.62. The summed E-state index contributed by atoms with van der Waals surface area (Å²) in [6, 6.07) is 5.70. The lowest BCUT2D eigenvalue weighted by molar-refractivity contribution is -0.133. The summed E-state index contributed by atoms with van der Waals surface area (Å²) in [6.45, 7) is 1.92. The fourth-order valence-electron chi connectivity index (χ4n) is 1.33. The van der Waals surface area contributed by atoms with Crippen molar-refractivity contribution in [1.29, 1.82) is 0 Å². The van der Waals surface area contributed by atoms with Gasteiger partial charge in [0.2, 0.25) is 0 Å². The van der Waals surface area contributed by atoms with E-state index in [1.807, 2.05) is 25.1 Å². The van der Waals surface area contributed by atoms with Gasteiger partial charge in [0, 0.05) is 4.47 Å². The second-order valence-electron chi connectivity index (χ2n) is 3.22. The van der Waals surface area contributed by atoms with Crippen molar-refractivity contribution in [3.05, 3.63) is 40.1 Å². The topological polar surface area (TPSA) is 35.5 Å². The Morgan fingerprint density at radius 3 is 2.62 bits per heavy atom. The summed E-state index contributed by atoms with van der Waals surface area (Å²) in [6.07, 6.45) is 1.39. The smallest absolute Gasteiger partial charge is 0.341 e. The van der Waals surface area contributed by atoms with E-state index >= 15 is 0 Å². The van der Waals surface area contributed by atoms with Gasteiger partial charge in [-0.3, -0.25) is 0 Å². The molecule has 0 heterocycles. The fraction of sp³-hybridized carbons (Fsp3) is 0.250. The van der Waals surface area contributed by atoms with Crippen molar-refractivity contribution in [2.45, 2.75) is 6.92 Å². The lowest BCUT2D eigenvalue weighted by Crippen LogP contribution is -2.05. The molecule has 3 nitrogen and oxygen atoms in total. The third kappa shape index (κ3) is 2.85. The second-order valence-corrected chi connectivity index (χ2v) is 4.13. The van der Waals surface area contributed by atoms with E-state index in [-0.39, 0.29) is 0 Å². The molecule has 0 aliphatic heterocycles. The first-order chi connectivity index (χ1) is 7.60. The zero-order valence-electron chi connectivity index (χ0n) is 9.41. The molecule has 0 saturated carbocycles. The van der Waals surface area contributed by atoms with Gasteiger partial charge < -0.3 is 9.47 Å². The average Bonchev–Trinajstić information content (AvgIpc) is 2.28. The van der Waals surface area contributed by atoms with Crippen LogP contribution in [0.4, 0.5) is 0 Å². The van der Waals surface area contributed by atoms with Crippen molar-refractivity contribution >= 4 is 27.5 Å². The summed E-state index contributed by atoms with van der Waals surface area (Å²) in [5, 5.41) is 0. The number of ether oxygens (including phenoxy) is 2. The Balaban J connectivity index is 3.26. The third-order valence-electron chi connectivity index (χ3n) is 2.13. The van der Waals surface area contributed by atoms with Gasteiger partial charge in [-0.2, -0.15) is 0 Å². The van der Waals surface area contributed by atoms with Gasteiger partial charge >= 0.3 is 5.97 Å². The number of benzene rings is 1. The van der Waals surface area contributed by atoms with Crippen LogP contribution in [0.3, 0.4) is 0 Å². The Labute approximate surface area is 103 Å². The van der Waals surface area contributed by atoms with E-state index in [0.29, 0.717) is 5.57 Å². The Morgan fingerprint density at radius 1 is 1.38 bits per heavy atom.